The van der Waals surface area contributed by atoms with Crippen LogP contribution in [0.4, 0.5) is 19.0 Å². The van der Waals surface area contributed by atoms with Crippen molar-refractivity contribution >= 4 is 11.4 Å². The van der Waals surface area contributed by atoms with Gasteiger partial charge >= 0.3 is 0 Å². The van der Waals surface area contributed by atoms with Crippen molar-refractivity contribution in [2.75, 3.05) is 32.1 Å². The maximum Gasteiger partial charge on any atom is 0.250 e. The highest BCUT2D eigenvalue weighted by molar-refractivity contribution is 6.13. The number of halogens is 3. The minimum Gasteiger partial charge on any atom is -0.474 e. The van der Waals surface area contributed by atoms with E-state index in [-0.39, 0.29) is 18.5 Å². The standard InChI is InChI=1S/C18H23F3N6O/c1-4-24-12(2)17-14(16(22-3)5-6-25-17)11-23-7-8-28-18-15(19)9-13(10-26-18)27(20)21/h5-6,9-11,16,22-24H,2,4,7-8H2,1,3H3/b14-11+. The van der Waals surface area contributed by atoms with E-state index in [1.54, 1.807) is 12.4 Å². The van der Waals surface area contributed by atoms with Crippen molar-refractivity contribution in [2.45, 2.75) is 13.0 Å². The first-order valence-electron chi connectivity index (χ1n) is 8.66. The van der Waals surface area contributed by atoms with Crippen LogP contribution in [-0.2, 0) is 0 Å². The van der Waals surface area contributed by atoms with Gasteiger partial charge in [-0.25, -0.2) is 9.37 Å². The molecule has 1 aliphatic heterocycles. The molecule has 10 heteroatoms. The molecule has 2 heterocycles. The lowest BCUT2D eigenvalue weighted by atomic mass is 9.98. The predicted molar refractivity (Wildman–Crippen MR) is 103 cm³/mol. The van der Waals surface area contributed by atoms with Gasteiger partial charge in [0.1, 0.15) is 12.3 Å². The second-order valence-corrected chi connectivity index (χ2v) is 5.71. The number of aliphatic imine (C=N–C) groups is 1. The quantitative estimate of drug-likeness (QED) is 0.417. The summed E-state index contributed by atoms with van der Waals surface area (Å²) in [5.74, 6) is -1.29. The first-order chi connectivity index (χ1) is 13.5. The Kier molecular flexibility index (Phi) is 7.88. The molecule has 7 nitrogen and oxygen atoms in total. The van der Waals surface area contributed by atoms with Gasteiger partial charge in [0.25, 0.3) is 5.88 Å². The lowest BCUT2D eigenvalue weighted by Crippen LogP contribution is -2.35. The Labute approximate surface area is 161 Å². The molecule has 0 spiro atoms. The lowest BCUT2D eigenvalue weighted by Gasteiger charge is -2.23. The average molecular weight is 396 g/mol. The Bertz CT molecular complexity index is 779. The van der Waals surface area contributed by atoms with Crippen LogP contribution in [-0.4, -0.2) is 43.5 Å². The van der Waals surface area contributed by atoms with Crippen molar-refractivity contribution in [3.05, 3.63) is 54.4 Å². The summed E-state index contributed by atoms with van der Waals surface area (Å²) in [5.41, 5.74) is 1.67. The summed E-state index contributed by atoms with van der Waals surface area (Å²) >= 11 is 0. The van der Waals surface area contributed by atoms with Crippen LogP contribution in [0.5, 0.6) is 5.88 Å². The molecule has 0 fully saturated rings. The number of pyridine rings is 1. The summed E-state index contributed by atoms with van der Waals surface area (Å²) in [5, 5.41) is 8.17. The van der Waals surface area contributed by atoms with Gasteiger partial charge in [0.15, 0.2) is 5.82 Å². The highest BCUT2D eigenvalue weighted by atomic mass is 19.4. The second kappa shape index (κ2) is 10.4. The SMILES string of the molecule is C=C(NCC)C1=NC=CC(NC)/C1=C\NCCOc1ncc(N(F)F)cc1F. The zero-order valence-corrected chi connectivity index (χ0v) is 15.7. The van der Waals surface area contributed by atoms with Crippen LogP contribution in [0.3, 0.4) is 0 Å². The Morgan fingerprint density at radius 3 is 2.86 bits per heavy atom. The Balaban J connectivity index is 1.94. The summed E-state index contributed by atoms with van der Waals surface area (Å²) in [6.07, 6.45) is 6.24. The van der Waals surface area contributed by atoms with Gasteiger partial charge in [0.05, 0.1) is 23.6 Å². The summed E-state index contributed by atoms with van der Waals surface area (Å²) in [4.78, 5) is 7.93. The topological polar surface area (TPSA) is 73.8 Å². The number of hydrogen-bond acceptors (Lipinski definition) is 7. The number of anilines is 1. The van der Waals surface area contributed by atoms with E-state index >= 15 is 0 Å². The molecule has 1 unspecified atom stereocenters. The maximum atomic E-state index is 13.7. The van der Waals surface area contributed by atoms with Crippen molar-refractivity contribution in [2.24, 2.45) is 4.99 Å². The van der Waals surface area contributed by atoms with Gasteiger partial charge in [0, 0.05) is 37.1 Å². The summed E-state index contributed by atoms with van der Waals surface area (Å²) in [6.45, 7) is 7.11. The van der Waals surface area contributed by atoms with Crippen LogP contribution in [0, 0.1) is 5.82 Å². The Morgan fingerprint density at radius 1 is 1.43 bits per heavy atom. The molecule has 0 bridgehead atoms. The van der Waals surface area contributed by atoms with Crippen molar-refractivity contribution in [1.29, 1.82) is 0 Å². The Hall–Kier alpha value is -3.01. The zero-order chi connectivity index (χ0) is 20.5. The molecule has 3 N–H and O–H groups in total. The minimum atomic E-state index is -1.22. The largest absolute Gasteiger partial charge is 0.474 e. The van der Waals surface area contributed by atoms with Crippen molar-refractivity contribution < 1.29 is 18.1 Å². The molecule has 28 heavy (non-hydrogen) atoms. The number of likely N-dealkylation sites (N-methyl/N-ethyl adjacent to an activating group) is 1. The van der Waals surface area contributed by atoms with Crippen molar-refractivity contribution in [1.82, 2.24) is 20.9 Å². The normalized spacial score (nSPS) is 17.2. The number of hydrogen-bond donors (Lipinski definition) is 3. The van der Waals surface area contributed by atoms with Crippen LogP contribution in [0.1, 0.15) is 6.92 Å². The van der Waals surface area contributed by atoms with Gasteiger partial charge < -0.3 is 20.7 Å². The van der Waals surface area contributed by atoms with Gasteiger partial charge in [0.2, 0.25) is 0 Å². The molecule has 0 radical (unpaired) electrons. The molecule has 152 valence electrons. The molecular weight excluding hydrogens is 373 g/mol. The van der Waals surface area contributed by atoms with E-state index in [1.165, 1.54) is 0 Å². The van der Waals surface area contributed by atoms with Crippen molar-refractivity contribution in [3.8, 4) is 5.88 Å². The van der Waals surface area contributed by atoms with Gasteiger partial charge in [-0.05, 0) is 25.4 Å². The van der Waals surface area contributed by atoms with E-state index in [9.17, 15) is 13.4 Å². The number of nitrogens with one attached hydrogen (secondary N) is 3. The van der Waals surface area contributed by atoms with E-state index < -0.39 is 16.8 Å². The highest BCUT2D eigenvalue weighted by Gasteiger charge is 2.20. The van der Waals surface area contributed by atoms with Crippen LogP contribution >= 0.6 is 0 Å². The number of ether oxygens (including phenoxy) is 1. The predicted octanol–water partition coefficient (Wildman–Crippen LogP) is 2.33. The van der Waals surface area contributed by atoms with Gasteiger partial charge in [-0.3, -0.25) is 4.99 Å². The third kappa shape index (κ3) is 5.49. The number of rotatable bonds is 10. The minimum absolute atomic E-state index is 0.0488. The molecular formula is C18H23F3N6O. The molecule has 2 rings (SSSR count). The Morgan fingerprint density at radius 2 is 2.21 bits per heavy atom. The van der Waals surface area contributed by atoms with Gasteiger partial charge in [-0.1, -0.05) is 15.5 Å². The van der Waals surface area contributed by atoms with E-state index in [1.807, 2.05) is 20.0 Å². The van der Waals surface area contributed by atoms with Crippen LogP contribution < -0.4 is 26.0 Å². The van der Waals surface area contributed by atoms with Crippen LogP contribution in [0.25, 0.3) is 0 Å². The highest BCUT2D eigenvalue weighted by Crippen LogP contribution is 2.21. The molecule has 1 aromatic rings. The number of aromatic nitrogens is 1. The molecule has 0 amide bonds. The third-order valence-electron chi connectivity index (χ3n) is 3.81. The van der Waals surface area contributed by atoms with Crippen LogP contribution in [0.2, 0.25) is 0 Å². The fraction of sp³-hybridized carbons (Fsp3) is 0.333. The smallest absolute Gasteiger partial charge is 0.250 e. The van der Waals surface area contributed by atoms with Gasteiger partial charge in [-0.2, -0.15) is 0 Å². The second-order valence-electron chi connectivity index (χ2n) is 5.71. The lowest BCUT2D eigenvalue weighted by molar-refractivity contribution is 0.233. The fourth-order valence-electron chi connectivity index (χ4n) is 2.49. The third-order valence-corrected chi connectivity index (χ3v) is 3.81. The molecule has 0 aromatic carbocycles. The van der Waals surface area contributed by atoms with E-state index in [4.69, 9.17) is 4.74 Å². The van der Waals surface area contributed by atoms with E-state index in [0.29, 0.717) is 18.3 Å². The van der Waals surface area contributed by atoms with Gasteiger partial charge in [-0.15, -0.1) is 0 Å². The first kappa shape index (κ1) is 21.3. The molecule has 1 atom stereocenters. The summed E-state index contributed by atoms with van der Waals surface area (Å²) < 4.78 is 43.6. The monoisotopic (exact) mass is 396 g/mol. The molecule has 0 aliphatic carbocycles. The molecule has 0 saturated heterocycles. The maximum absolute atomic E-state index is 13.7. The summed E-state index contributed by atoms with van der Waals surface area (Å²) in [7, 11) is 1.83. The van der Waals surface area contributed by atoms with E-state index in [0.717, 1.165) is 24.0 Å². The molecule has 1 aliphatic rings. The van der Waals surface area contributed by atoms with E-state index in [2.05, 4.69) is 32.5 Å². The number of nitrogens with zero attached hydrogens (tertiary/aromatic N) is 3. The molecule has 1 aromatic heterocycles. The first-order valence-corrected chi connectivity index (χ1v) is 8.66. The van der Waals surface area contributed by atoms with Crippen LogP contribution in [0.15, 0.2) is 53.6 Å². The summed E-state index contributed by atoms with van der Waals surface area (Å²) in [6, 6.07) is 0.603. The fourth-order valence-corrected chi connectivity index (χ4v) is 2.49. The van der Waals surface area contributed by atoms with Crippen molar-refractivity contribution in [3.63, 3.8) is 0 Å². The number of allylic oxidation sites excluding steroid dienone is 1. The zero-order valence-electron chi connectivity index (χ0n) is 15.7. The average Bonchev–Trinajstić information content (AvgIpc) is 2.68. The molecule has 0 saturated carbocycles.